The molecule has 0 heterocycles. The summed E-state index contributed by atoms with van der Waals surface area (Å²) in [5.41, 5.74) is 5.95. The van der Waals surface area contributed by atoms with E-state index in [0.29, 0.717) is 5.75 Å². The molecule has 2 rings (SSSR count). The van der Waals surface area contributed by atoms with E-state index in [1.165, 1.54) is 6.07 Å². The largest absolute Gasteiger partial charge is 0.487 e. The number of hydrogen-bond donors (Lipinski definition) is 1. The number of rotatable bonds is 3. The minimum absolute atomic E-state index is 0.0255. The molecule has 0 spiro atoms. The standard InChI is InChI=1S/C13H18FNO/c1-3-13(2)11(15)8-12(13)16-10-7-5-4-6-9(10)14/h4-7,11-12H,3,8,15H2,1-2H3. The van der Waals surface area contributed by atoms with Crippen molar-refractivity contribution in [1.82, 2.24) is 0 Å². The van der Waals surface area contributed by atoms with Gasteiger partial charge < -0.3 is 10.5 Å². The van der Waals surface area contributed by atoms with Gasteiger partial charge in [0.1, 0.15) is 6.10 Å². The first-order valence-corrected chi connectivity index (χ1v) is 5.74. The number of benzene rings is 1. The predicted octanol–water partition coefficient (Wildman–Crippen LogP) is 2.72. The second kappa shape index (κ2) is 4.06. The van der Waals surface area contributed by atoms with E-state index in [-0.39, 0.29) is 23.4 Å². The normalized spacial score (nSPS) is 33.2. The van der Waals surface area contributed by atoms with Crippen LogP contribution in [-0.2, 0) is 0 Å². The molecule has 3 heteroatoms. The lowest BCUT2D eigenvalue weighted by Crippen LogP contribution is -2.61. The van der Waals surface area contributed by atoms with Crippen LogP contribution < -0.4 is 10.5 Å². The molecule has 2 N–H and O–H groups in total. The van der Waals surface area contributed by atoms with Crippen molar-refractivity contribution < 1.29 is 9.13 Å². The Morgan fingerprint density at radius 3 is 2.75 bits per heavy atom. The van der Waals surface area contributed by atoms with E-state index in [1.807, 2.05) is 0 Å². The van der Waals surface area contributed by atoms with Crippen LogP contribution in [0.2, 0.25) is 0 Å². The molecule has 1 aliphatic rings. The summed E-state index contributed by atoms with van der Waals surface area (Å²) in [5, 5.41) is 0. The van der Waals surface area contributed by atoms with Crippen LogP contribution in [0.1, 0.15) is 26.7 Å². The molecule has 0 aliphatic heterocycles. The minimum Gasteiger partial charge on any atom is -0.487 e. The van der Waals surface area contributed by atoms with Crippen LogP contribution in [0.25, 0.3) is 0 Å². The maximum atomic E-state index is 13.4. The average Bonchev–Trinajstić information content (AvgIpc) is 2.30. The second-order valence-corrected chi connectivity index (χ2v) is 4.74. The van der Waals surface area contributed by atoms with Crippen LogP contribution in [0.5, 0.6) is 5.75 Å². The molecule has 16 heavy (non-hydrogen) atoms. The van der Waals surface area contributed by atoms with Crippen molar-refractivity contribution in [3.63, 3.8) is 0 Å². The molecule has 1 aromatic carbocycles. The van der Waals surface area contributed by atoms with Crippen molar-refractivity contribution in [2.24, 2.45) is 11.1 Å². The van der Waals surface area contributed by atoms with Gasteiger partial charge in [-0.05, 0) is 18.6 Å². The molecule has 0 aromatic heterocycles. The number of ether oxygens (including phenoxy) is 1. The summed E-state index contributed by atoms with van der Waals surface area (Å²) < 4.78 is 19.1. The van der Waals surface area contributed by atoms with Gasteiger partial charge in [-0.1, -0.05) is 26.0 Å². The smallest absolute Gasteiger partial charge is 0.165 e. The lowest BCUT2D eigenvalue weighted by atomic mass is 9.62. The number of halogens is 1. The lowest BCUT2D eigenvalue weighted by Gasteiger charge is -2.51. The van der Waals surface area contributed by atoms with Gasteiger partial charge in [-0.3, -0.25) is 0 Å². The number of nitrogens with two attached hydrogens (primary N) is 1. The Kier molecular flexibility index (Phi) is 2.89. The van der Waals surface area contributed by atoms with E-state index >= 15 is 0 Å². The molecule has 1 aromatic rings. The summed E-state index contributed by atoms with van der Waals surface area (Å²) in [7, 11) is 0. The topological polar surface area (TPSA) is 35.2 Å². The zero-order chi connectivity index (χ0) is 11.8. The van der Waals surface area contributed by atoms with E-state index < -0.39 is 0 Å². The maximum absolute atomic E-state index is 13.4. The molecule has 0 bridgehead atoms. The highest BCUT2D eigenvalue weighted by molar-refractivity contribution is 5.25. The van der Waals surface area contributed by atoms with Crippen LogP contribution in [-0.4, -0.2) is 12.1 Å². The molecular formula is C13H18FNO. The van der Waals surface area contributed by atoms with Gasteiger partial charge in [0.2, 0.25) is 0 Å². The summed E-state index contributed by atoms with van der Waals surface area (Å²) >= 11 is 0. The van der Waals surface area contributed by atoms with E-state index in [0.717, 1.165) is 12.8 Å². The van der Waals surface area contributed by atoms with E-state index in [4.69, 9.17) is 10.5 Å². The Bertz CT molecular complexity index is 382. The second-order valence-electron chi connectivity index (χ2n) is 4.74. The molecule has 0 saturated heterocycles. The van der Waals surface area contributed by atoms with Gasteiger partial charge in [0.25, 0.3) is 0 Å². The summed E-state index contributed by atoms with van der Waals surface area (Å²) in [5.74, 6) is 0.0282. The third-order valence-electron chi connectivity index (χ3n) is 3.92. The zero-order valence-corrected chi connectivity index (χ0v) is 9.74. The molecule has 88 valence electrons. The fraction of sp³-hybridized carbons (Fsp3) is 0.538. The Balaban J connectivity index is 2.10. The Hall–Kier alpha value is -1.09. The number of hydrogen-bond acceptors (Lipinski definition) is 2. The summed E-state index contributed by atoms with van der Waals surface area (Å²) in [6, 6.07) is 6.68. The first-order chi connectivity index (χ1) is 7.58. The van der Waals surface area contributed by atoms with Gasteiger partial charge in [0, 0.05) is 17.9 Å². The number of para-hydroxylation sites is 1. The van der Waals surface area contributed by atoms with Crippen molar-refractivity contribution >= 4 is 0 Å². The molecule has 1 fully saturated rings. The molecule has 0 radical (unpaired) electrons. The third-order valence-corrected chi connectivity index (χ3v) is 3.92. The van der Waals surface area contributed by atoms with Crippen LogP contribution in [0.15, 0.2) is 24.3 Å². The third kappa shape index (κ3) is 1.69. The molecule has 1 aliphatic carbocycles. The molecule has 3 atom stereocenters. The minimum atomic E-state index is -0.304. The van der Waals surface area contributed by atoms with Crippen molar-refractivity contribution in [1.29, 1.82) is 0 Å². The summed E-state index contributed by atoms with van der Waals surface area (Å²) in [6.07, 6.45) is 1.79. The SMILES string of the molecule is CCC1(C)C(N)CC1Oc1ccccc1F. The molecule has 1 saturated carbocycles. The van der Waals surface area contributed by atoms with Gasteiger partial charge in [-0.2, -0.15) is 0 Å². The highest BCUT2D eigenvalue weighted by Crippen LogP contribution is 2.45. The molecule has 0 amide bonds. The van der Waals surface area contributed by atoms with Crippen molar-refractivity contribution in [2.45, 2.75) is 38.8 Å². The average molecular weight is 223 g/mol. The molecule has 2 nitrogen and oxygen atoms in total. The van der Waals surface area contributed by atoms with Gasteiger partial charge in [0.15, 0.2) is 11.6 Å². The lowest BCUT2D eigenvalue weighted by molar-refractivity contribution is -0.0577. The predicted molar refractivity (Wildman–Crippen MR) is 61.8 cm³/mol. The van der Waals surface area contributed by atoms with Crippen LogP contribution >= 0.6 is 0 Å². The molecular weight excluding hydrogens is 205 g/mol. The Labute approximate surface area is 95.6 Å². The van der Waals surface area contributed by atoms with Crippen molar-refractivity contribution in [3.8, 4) is 5.75 Å². The zero-order valence-electron chi connectivity index (χ0n) is 9.74. The van der Waals surface area contributed by atoms with E-state index in [9.17, 15) is 4.39 Å². The monoisotopic (exact) mass is 223 g/mol. The highest BCUT2D eigenvalue weighted by atomic mass is 19.1. The summed E-state index contributed by atoms with van der Waals surface area (Å²) in [4.78, 5) is 0. The van der Waals surface area contributed by atoms with Gasteiger partial charge >= 0.3 is 0 Å². The summed E-state index contributed by atoms with van der Waals surface area (Å²) in [6.45, 7) is 4.20. The van der Waals surface area contributed by atoms with E-state index in [1.54, 1.807) is 18.2 Å². The van der Waals surface area contributed by atoms with Crippen LogP contribution in [0, 0.1) is 11.2 Å². The molecule has 3 unspecified atom stereocenters. The highest BCUT2D eigenvalue weighted by Gasteiger charge is 2.50. The fourth-order valence-electron chi connectivity index (χ4n) is 2.21. The van der Waals surface area contributed by atoms with Gasteiger partial charge in [0.05, 0.1) is 0 Å². The van der Waals surface area contributed by atoms with Crippen LogP contribution in [0.4, 0.5) is 4.39 Å². The van der Waals surface area contributed by atoms with Crippen molar-refractivity contribution in [2.75, 3.05) is 0 Å². The fourth-order valence-corrected chi connectivity index (χ4v) is 2.21. The first-order valence-electron chi connectivity index (χ1n) is 5.74. The van der Waals surface area contributed by atoms with Crippen LogP contribution in [0.3, 0.4) is 0 Å². The van der Waals surface area contributed by atoms with E-state index in [2.05, 4.69) is 13.8 Å². The Morgan fingerprint density at radius 1 is 1.50 bits per heavy atom. The van der Waals surface area contributed by atoms with Gasteiger partial charge in [-0.25, -0.2) is 4.39 Å². The maximum Gasteiger partial charge on any atom is 0.165 e. The Morgan fingerprint density at radius 2 is 2.19 bits per heavy atom. The van der Waals surface area contributed by atoms with Gasteiger partial charge in [-0.15, -0.1) is 0 Å². The quantitative estimate of drug-likeness (QED) is 0.855. The van der Waals surface area contributed by atoms with Crippen molar-refractivity contribution in [3.05, 3.63) is 30.1 Å². The first kappa shape index (κ1) is 11.4.